The molecule has 2 N–H and O–H groups in total. The first-order valence-electron chi connectivity index (χ1n) is 5.25. The number of hydrogen-bond donors (Lipinski definition) is 2. The number of hydrogen-bond acceptors (Lipinski definition) is 4. The normalized spacial score (nSPS) is 10.6. The average Bonchev–Trinajstić information content (AvgIpc) is 2.38. The number of rotatable bonds is 3. The van der Waals surface area contributed by atoms with Gasteiger partial charge in [0.2, 0.25) is 5.95 Å². The molecule has 2 aromatic rings. The molecule has 0 aromatic carbocycles. The standard InChI is InChI=1S/C11H7F3N4O2/c12-5-1-2-6(16-8(5)9(13)14)7-3-4-15-10(17-7)18-11(19)20/h1-4,9H,(H,19,20)(H,15,17,18). The Hall–Kier alpha value is -2.71. The number of nitrogens with one attached hydrogen (secondary N) is 1. The van der Waals surface area contributed by atoms with Crippen LogP contribution >= 0.6 is 0 Å². The fourth-order valence-corrected chi connectivity index (χ4v) is 1.41. The fourth-order valence-electron chi connectivity index (χ4n) is 1.41. The van der Waals surface area contributed by atoms with Crippen molar-refractivity contribution >= 4 is 12.0 Å². The van der Waals surface area contributed by atoms with E-state index in [0.29, 0.717) is 0 Å². The topological polar surface area (TPSA) is 88.0 Å². The molecule has 6 nitrogen and oxygen atoms in total. The van der Waals surface area contributed by atoms with E-state index < -0.39 is 24.0 Å². The molecule has 0 unspecified atom stereocenters. The summed E-state index contributed by atoms with van der Waals surface area (Å²) in [5, 5.41) is 10.4. The zero-order chi connectivity index (χ0) is 14.7. The van der Waals surface area contributed by atoms with E-state index >= 15 is 0 Å². The molecule has 0 spiro atoms. The summed E-state index contributed by atoms with van der Waals surface area (Å²) >= 11 is 0. The Kier molecular flexibility index (Phi) is 3.78. The van der Waals surface area contributed by atoms with Crippen LogP contribution < -0.4 is 5.32 Å². The predicted molar refractivity (Wildman–Crippen MR) is 61.8 cm³/mol. The Bertz CT molecular complexity index is 651. The molecule has 2 aromatic heterocycles. The number of pyridine rings is 1. The summed E-state index contributed by atoms with van der Waals surface area (Å²) in [4.78, 5) is 21.3. The first-order valence-corrected chi connectivity index (χ1v) is 5.25. The Morgan fingerprint density at radius 1 is 1.20 bits per heavy atom. The van der Waals surface area contributed by atoms with Gasteiger partial charge in [-0.3, -0.25) is 5.32 Å². The summed E-state index contributed by atoms with van der Waals surface area (Å²) in [5.74, 6) is -1.36. The van der Waals surface area contributed by atoms with Crippen LogP contribution in [0, 0.1) is 5.82 Å². The second-order valence-electron chi connectivity index (χ2n) is 3.56. The minimum absolute atomic E-state index is 0.0162. The fraction of sp³-hybridized carbons (Fsp3) is 0.0909. The molecule has 0 aliphatic rings. The Morgan fingerprint density at radius 3 is 2.55 bits per heavy atom. The highest BCUT2D eigenvalue weighted by atomic mass is 19.3. The molecule has 0 saturated heterocycles. The van der Waals surface area contributed by atoms with Crippen LogP contribution in [-0.4, -0.2) is 26.2 Å². The zero-order valence-corrected chi connectivity index (χ0v) is 9.72. The van der Waals surface area contributed by atoms with Gasteiger partial charge in [0.25, 0.3) is 6.43 Å². The summed E-state index contributed by atoms with van der Waals surface area (Å²) in [5.41, 5.74) is -0.919. The largest absolute Gasteiger partial charge is 0.465 e. The van der Waals surface area contributed by atoms with Crippen LogP contribution in [0.2, 0.25) is 0 Å². The number of aromatic nitrogens is 3. The average molecular weight is 284 g/mol. The van der Waals surface area contributed by atoms with Gasteiger partial charge in [-0.25, -0.2) is 32.9 Å². The third-order valence-corrected chi connectivity index (χ3v) is 2.22. The van der Waals surface area contributed by atoms with E-state index in [9.17, 15) is 18.0 Å². The van der Waals surface area contributed by atoms with Crippen LogP contribution in [0.5, 0.6) is 0 Å². The van der Waals surface area contributed by atoms with Crippen LogP contribution in [0.4, 0.5) is 23.9 Å². The van der Waals surface area contributed by atoms with Crippen LogP contribution in [0.25, 0.3) is 11.4 Å². The van der Waals surface area contributed by atoms with Crippen LogP contribution in [0.3, 0.4) is 0 Å². The molecule has 0 atom stereocenters. The zero-order valence-electron chi connectivity index (χ0n) is 9.72. The maximum atomic E-state index is 13.1. The second kappa shape index (κ2) is 5.51. The summed E-state index contributed by atoms with van der Waals surface area (Å²) in [6.07, 6.45) is -3.21. The van der Waals surface area contributed by atoms with E-state index in [1.54, 1.807) is 0 Å². The maximum Gasteiger partial charge on any atom is 0.411 e. The molecule has 0 aliphatic carbocycles. The third-order valence-electron chi connectivity index (χ3n) is 2.22. The van der Waals surface area contributed by atoms with Gasteiger partial charge in [0.15, 0.2) is 5.82 Å². The molecule has 2 rings (SSSR count). The van der Waals surface area contributed by atoms with Crippen molar-refractivity contribution in [1.82, 2.24) is 15.0 Å². The van der Waals surface area contributed by atoms with Crippen molar-refractivity contribution < 1.29 is 23.1 Å². The number of halogens is 3. The molecule has 1 amide bonds. The van der Waals surface area contributed by atoms with Crippen molar-refractivity contribution in [2.24, 2.45) is 0 Å². The SMILES string of the molecule is O=C(O)Nc1nccc(-c2ccc(F)c(C(F)F)n2)n1. The lowest BCUT2D eigenvalue weighted by Gasteiger charge is -2.06. The molecule has 0 bridgehead atoms. The lowest BCUT2D eigenvalue weighted by molar-refractivity contribution is 0.140. The second-order valence-corrected chi connectivity index (χ2v) is 3.56. The smallest absolute Gasteiger partial charge is 0.411 e. The van der Waals surface area contributed by atoms with Crippen molar-refractivity contribution in [3.8, 4) is 11.4 Å². The summed E-state index contributed by atoms with van der Waals surface area (Å²) in [7, 11) is 0. The predicted octanol–water partition coefficient (Wildman–Crippen LogP) is 2.71. The quantitative estimate of drug-likeness (QED) is 0.904. The molecule has 20 heavy (non-hydrogen) atoms. The van der Waals surface area contributed by atoms with Crippen molar-refractivity contribution in [3.05, 3.63) is 35.9 Å². The number of anilines is 1. The number of amides is 1. The van der Waals surface area contributed by atoms with Gasteiger partial charge < -0.3 is 5.11 Å². The monoisotopic (exact) mass is 284 g/mol. The molecular weight excluding hydrogens is 277 g/mol. The van der Waals surface area contributed by atoms with E-state index in [1.807, 2.05) is 5.32 Å². The highest BCUT2D eigenvalue weighted by Gasteiger charge is 2.17. The van der Waals surface area contributed by atoms with Crippen LogP contribution in [0.15, 0.2) is 24.4 Å². The van der Waals surface area contributed by atoms with Gasteiger partial charge in [0.1, 0.15) is 5.69 Å². The van der Waals surface area contributed by atoms with Gasteiger partial charge in [0.05, 0.1) is 11.4 Å². The van der Waals surface area contributed by atoms with E-state index in [-0.39, 0.29) is 17.3 Å². The van der Waals surface area contributed by atoms with E-state index in [4.69, 9.17) is 5.11 Å². The molecule has 104 valence electrons. The van der Waals surface area contributed by atoms with E-state index in [2.05, 4.69) is 15.0 Å². The minimum atomic E-state index is -3.06. The first-order chi connectivity index (χ1) is 9.47. The molecule has 2 heterocycles. The maximum absolute atomic E-state index is 13.1. The van der Waals surface area contributed by atoms with Gasteiger partial charge in [-0.1, -0.05) is 0 Å². The van der Waals surface area contributed by atoms with Gasteiger partial charge >= 0.3 is 6.09 Å². The Balaban J connectivity index is 2.41. The van der Waals surface area contributed by atoms with Crippen LogP contribution in [0.1, 0.15) is 12.1 Å². The molecule has 0 radical (unpaired) electrons. The first kappa shape index (κ1) is 13.7. The minimum Gasteiger partial charge on any atom is -0.465 e. The van der Waals surface area contributed by atoms with Gasteiger partial charge in [-0.2, -0.15) is 0 Å². The lowest BCUT2D eigenvalue weighted by atomic mass is 10.2. The molecule has 9 heteroatoms. The molecule has 0 saturated carbocycles. The van der Waals surface area contributed by atoms with Crippen molar-refractivity contribution in [3.63, 3.8) is 0 Å². The van der Waals surface area contributed by atoms with Gasteiger partial charge in [-0.05, 0) is 18.2 Å². The molecule has 0 aliphatic heterocycles. The summed E-state index contributed by atoms with van der Waals surface area (Å²) in [6, 6.07) is 3.34. The number of carboxylic acid groups (broad SMARTS) is 1. The van der Waals surface area contributed by atoms with Crippen LogP contribution in [-0.2, 0) is 0 Å². The van der Waals surface area contributed by atoms with Crippen molar-refractivity contribution in [2.45, 2.75) is 6.43 Å². The lowest BCUT2D eigenvalue weighted by Crippen LogP contribution is -2.10. The van der Waals surface area contributed by atoms with Gasteiger partial charge in [-0.15, -0.1) is 0 Å². The van der Waals surface area contributed by atoms with E-state index in [0.717, 1.165) is 12.1 Å². The van der Waals surface area contributed by atoms with E-state index in [1.165, 1.54) is 12.3 Å². The number of alkyl halides is 2. The summed E-state index contributed by atoms with van der Waals surface area (Å²) < 4.78 is 38.2. The van der Waals surface area contributed by atoms with Gasteiger partial charge in [0, 0.05) is 6.20 Å². The Labute approximate surface area is 110 Å². The molecular formula is C11H7F3N4O2. The number of carbonyl (C=O) groups is 1. The van der Waals surface area contributed by atoms with Crippen molar-refractivity contribution in [2.75, 3.05) is 5.32 Å². The highest BCUT2D eigenvalue weighted by molar-refractivity contribution is 5.80. The number of nitrogens with zero attached hydrogens (tertiary/aromatic N) is 3. The summed E-state index contributed by atoms with van der Waals surface area (Å²) in [6.45, 7) is 0. The Morgan fingerprint density at radius 2 is 1.90 bits per heavy atom. The van der Waals surface area contributed by atoms with Crippen molar-refractivity contribution in [1.29, 1.82) is 0 Å². The third kappa shape index (κ3) is 2.99. The highest BCUT2D eigenvalue weighted by Crippen LogP contribution is 2.23. The molecule has 0 fully saturated rings.